The van der Waals surface area contributed by atoms with Crippen molar-refractivity contribution in [3.63, 3.8) is 0 Å². The number of hydrogen-bond donors (Lipinski definition) is 2. The number of ether oxygens (including phenoxy) is 1. The summed E-state index contributed by atoms with van der Waals surface area (Å²) in [5.74, 6) is 0.188. The first kappa shape index (κ1) is 23.8. The first-order valence-electron chi connectivity index (χ1n) is 10.7. The quantitative estimate of drug-likeness (QED) is 0.676. The van der Waals surface area contributed by atoms with Crippen LogP contribution in [0.3, 0.4) is 0 Å². The van der Waals surface area contributed by atoms with Gasteiger partial charge in [0.2, 0.25) is 5.91 Å². The van der Waals surface area contributed by atoms with Crippen LogP contribution >= 0.6 is 11.3 Å². The molecule has 0 aromatic carbocycles. The van der Waals surface area contributed by atoms with Crippen molar-refractivity contribution in [3.05, 3.63) is 34.7 Å². The molecular weight excluding hydrogens is 432 g/mol. The Morgan fingerprint density at radius 1 is 1.31 bits per heavy atom. The predicted molar refractivity (Wildman–Crippen MR) is 121 cm³/mol. The number of amides is 3. The smallest absolute Gasteiger partial charge is 0.407 e. The third-order valence-corrected chi connectivity index (χ3v) is 5.84. The number of thiazole rings is 1. The number of rotatable bonds is 6. The highest BCUT2D eigenvalue weighted by Crippen LogP contribution is 2.21. The van der Waals surface area contributed by atoms with Crippen molar-refractivity contribution in [1.82, 2.24) is 15.2 Å². The van der Waals surface area contributed by atoms with Gasteiger partial charge in [-0.15, -0.1) is 11.3 Å². The van der Waals surface area contributed by atoms with Gasteiger partial charge in [-0.2, -0.15) is 0 Å². The number of anilines is 1. The molecule has 0 bridgehead atoms. The summed E-state index contributed by atoms with van der Waals surface area (Å²) in [6.45, 7) is 8.14. The maximum atomic E-state index is 13.0. The Balaban J connectivity index is 1.55. The number of furan rings is 1. The highest BCUT2D eigenvalue weighted by Gasteiger charge is 2.28. The van der Waals surface area contributed by atoms with Crippen LogP contribution in [0.15, 0.2) is 22.1 Å². The molecule has 1 unspecified atom stereocenters. The van der Waals surface area contributed by atoms with Gasteiger partial charge in [-0.1, -0.05) is 0 Å². The van der Waals surface area contributed by atoms with Crippen LogP contribution in [-0.2, 0) is 16.0 Å². The average molecular weight is 463 g/mol. The third-order valence-electron chi connectivity index (χ3n) is 5.04. The molecule has 9 nitrogen and oxygen atoms in total. The van der Waals surface area contributed by atoms with Gasteiger partial charge in [0.25, 0.3) is 5.91 Å². The van der Waals surface area contributed by atoms with Gasteiger partial charge in [0, 0.05) is 24.5 Å². The molecule has 32 heavy (non-hydrogen) atoms. The molecule has 1 fully saturated rings. The molecule has 2 N–H and O–H groups in total. The van der Waals surface area contributed by atoms with E-state index in [1.807, 2.05) is 25.7 Å². The molecule has 0 saturated carbocycles. The summed E-state index contributed by atoms with van der Waals surface area (Å²) in [5.41, 5.74) is 0.482. The van der Waals surface area contributed by atoms with Gasteiger partial charge < -0.3 is 19.4 Å². The number of piperidine rings is 1. The Morgan fingerprint density at radius 3 is 2.78 bits per heavy atom. The van der Waals surface area contributed by atoms with Crippen LogP contribution in [-0.4, -0.2) is 52.5 Å². The van der Waals surface area contributed by atoms with E-state index in [-0.39, 0.29) is 24.3 Å². The molecule has 1 aliphatic rings. The lowest BCUT2D eigenvalue weighted by atomic mass is 10.0. The number of aromatic nitrogens is 1. The number of carbonyl (C=O) groups excluding carboxylic acids is 3. The first-order chi connectivity index (χ1) is 15.1. The zero-order valence-electron chi connectivity index (χ0n) is 18.9. The Kier molecular flexibility index (Phi) is 7.55. The van der Waals surface area contributed by atoms with E-state index < -0.39 is 11.7 Å². The van der Waals surface area contributed by atoms with Crippen molar-refractivity contribution >= 4 is 34.4 Å². The van der Waals surface area contributed by atoms with Gasteiger partial charge >= 0.3 is 6.09 Å². The zero-order valence-corrected chi connectivity index (χ0v) is 19.7. The van der Waals surface area contributed by atoms with E-state index in [4.69, 9.17) is 9.15 Å². The SMILES string of the molecule is Cc1occc1C(=O)Nc1nc(CC(=O)N2CCCCC2CNC(=O)OC(C)(C)C)cs1. The molecular formula is C22H30N4O5S. The minimum Gasteiger partial charge on any atom is -0.469 e. The summed E-state index contributed by atoms with van der Waals surface area (Å²) in [6, 6.07) is 1.52. The lowest BCUT2D eigenvalue weighted by Gasteiger charge is -2.36. The summed E-state index contributed by atoms with van der Waals surface area (Å²) in [7, 11) is 0. The van der Waals surface area contributed by atoms with Crippen molar-refractivity contribution in [2.24, 2.45) is 0 Å². The number of carbonyl (C=O) groups is 3. The molecule has 1 saturated heterocycles. The maximum absolute atomic E-state index is 13.0. The van der Waals surface area contributed by atoms with Crippen LogP contribution in [0.25, 0.3) is 0 Å². The lowest BCUT2D eigenvalue weighted by Crippen LogP contribution is -2.50. The molecule has 2 aromatic rings. The second-order valence-electron chi connectivity index (χ2n) is 8.78. The standard InChI is InChI=1S/C22H30N4O5S/c1-14-17(8-10-30-14)19(28)25-20-24-15(13-32-20)11-18(27)26-9-6-5-7-16(26)12-23-21(29)31-22(2,3)4/h8,10,13,16H,5-7,9,11-12H2,1-4H3,(H,23,29)(H,24,25,28). The van der Waals surface area contributed by atoms with Gasteiger partial charge in [0.05, 0.1) is 23.9 Å². The normalized spacial score (nSPS) is 16.5. The molecule has 3 amide bonds. The van der Waals surface area contributed by atoms with E-state index in [1.165, 1.54) is 17.6 Å². The Bertz CT molecular complexity index is 962. The van der Waals surface area contributed by atoms with Crippen LogP contribution in [0.2, 0.25) is 0 Å². The van der Waals surface area contributed by atoms with Crippen molar-refractivity contribution in [3.8, 4) is 0 Å². The molecule has 0 aliphatic carbocycles. The van der Waals surface area contributed by atoms with Crippen LogP contribution in [0.5, 0.6) is 0 Å². The zero-order chi connectivity index (χ0) is 23.3. The number of hydrogen-bond acceptors (Lipinski definition) is 7. The van der Waals surface area contributed by atoms with Crippen LogP contribution in [0.1, 0.15) is 61.8 Å². The Morgan fingerprint density at radius 2 is 2.09 bits per heavy atom. The highest BCUT2D eigenvalue weighted by molar-refractivity contribution is 7.14. The molecule has 1 aliphatic heterocycles. The molecule has 2 aromatic heterocycles. The van der Waals surface area contributed by atoms with E-state index in [2.05, 4.69) is 15.6 Å². The van der Waals surface area contributed by atoms with E-state index in [1.54, 1.807) is 18.4 Å². The summed E-state index contributed by atoms with van der Waals surface area (Å²) in [4.78, 5) is 43.4. The lowest BCUT2D eigenvalue weighted by molar-refractivity contribution is -0.134. The number of aryl methyl sites for hydroxylation is 1. The fourth-order valence-corrected chi connectivity index (χ4v) is 4.25. The fourth-order valence-electron chi connectivity index (χ4n) is 3.54. The molecule has 1 atom stereocenters. The summed E-state index contributed by atoms with van der Waals surface area (Å²) in [5, 5.41) is 7.72. The highest BCUT2D eigenvalue weighted by atomic mass is 32.1. The second-order valence-corrected chi connectivity index (χ2v) is 9.64. The topological polar surface area (TPSA) is 114 Å². The minimum atomic E-state index is -0.569. The second kappa shape index (κ2) is 10.2. The summed E-state index contributed by atoms with van der Waals surface area (Å²) >= 11 is 1.27. The van der Waals surface area contributed by atoms with Gasteiger partial charge in [0.15, 0.2) is 5.13 Å². The van der Waals surface area contributed by atoms with E-state index in [9.17, 15) is 14.4 Å². The number of nitrogens with one attached hydrogen (secondary N) is 2. The molecule has 0 radical (unpaired) electrons. The van der Waals surface area contributed by atoms with Gasteiger partial charge in [-0.25, -0.2) is 9.78 Å². The van der Waals surface area contributed by atoms with E-state index in [0.29, 0.717) is 35.2 Å². The molecule has 174 valence electrons. The molecule has 3 rings (SSSR count). The first-order valence-corrected chi connectivity index (χ1v) is 11.6. The van der Waals surface area contributed by atoms with Crippen molar-refractivity contribution < 1.29 is 23.5 Å². The maximum Gasteiger partial charge on any atom is 0.407 e. The fraction of sp³-hybridized carbons (Fsp3) is 0.545. The van der Waals surface area contributed by atoms with E-state index in [0.717, 1.165) is 19.3 Å². The Labute approximate surface area is 191 Å². The molecule has 0 spiro atoms. The minimum absolute atomic E-state index is 0.0467. The largest absolute Gasteiger partial charge is 0.469 e. The third kappa shape index (κ3) is 6.56. The van der Waals surface area contributed by atoms with Crippen LogP contribution in [0, 0.1) is 6.92 Å². The van der Waals surface area contributed by atoms with Crippen molar-refractivity contribution in [2.75, 3.05) is 18.4 Å². The Hall–Kier alpha value is -2.88. The number of nitrogens with zero attached hydrogens (tertiary/aromatic N) is 2. The van der Waals surface area contributed by atoms with Gasteiger partial charge in [-0.3, -0.25) is 14.9 Å². The monoisotopic (exact) mass is 462 g/mol. The predicted octanol–water partition coefficient (Wildman–Crippen LogP) is 3.75. The average Bonchev–Trinajstić information content (AvgIpc) is 3.34. The van der Waals surface area contributed by atoms with Crippen LogP contribution in [0.4, 0.5) is 9.93 Å². The van der Waals surface area contributed by atoms with Crippen LogP contribution < -0.4 is 10.6 Å². The number of likely N-dealkylation sites (tertiary alicyclic amines) is 1. The van der Waals surface area contributed by atoms with Gasteiger partial charge in [0.1, 0.15) is 11.4 Å². The summed E-state index contributed by atoms with van der Waals surface area (Å²) in [6.07, 6.45) is 3.87. The van der Waals surface area contributed by atoms with E-state index >= 15 is 0 Å². The summed E-state index contributed by atoms with van der Waals surface area (Å²) < 4.78 is 10.4. The van der Waals surface area contributed by atoms with Crippen molar-refractivity contribution in [1.29, 1.82) is 0 Å². The molecule has 3 heterocycles. The number of alkyl carbamates (subject to hydrolysis) is 1. The molecule has 10 heteroatoms. The van der Waals surface area contributed by atoms with Gasteiger partial charge in [-0.05, 0) is 53.0 Å². The van der Waals surface area contributed by atoms with Crippen molar-refractivity contribution in [2.45, 2.75) is 65.0 Å².